The molecule has 3 rings (SSSR count). The van der Waals surface area contributed by atoms with Crippen LogP contribution < -0.4 is 4.74 Å². The van der Waals surface area contributed by atoms with E-state index >= 15 is 0 Å². The van der Waals surface area contributed by atoms with Crippen LogP contribution in [0.1, 0.15) is 19.3 Å². The number of rotatable bonds is 6. The molecule has 0 unspecified atom stereocenters. The Morgan fingerprint density at radius 3 is 2.81 bits per heavy atom. The van der Waals surface area contributed by atoms with Crippen LogP contribution in [0.5, 0.6) is 5.75 Å². The molecule has 2 fully saturated rings. The highest BCUT2D eigenvalue weighted by Crippen LogP contribution is 2.26. The van der Waals surface area contributed by atoms with Crippen molar-refractivity contribution in [1.29, 1.82) is 0 Å². The summed E-state index contributed by atoms with van der Waals surface area (Å²) in [6.07, 6.45) is 2.10. The van der Waals surface area contributed by atoms with Gasteiger partial charge in [-0.25, -0.2) is 12.8 Å². The minimum Gasteiger partial charge on any atom is -0.482 e. The van der Waals surface area contributed by atoms with Crippen molar-refractivity contribution in [2.45, 2.75) is 31.4 Å². The molecule has 0 spiro atoms. The highest BCUT2D eigenvalue weighted by Gasteiger charge is 2.36. The first kappa shape index (κ1) is 19.4. The molecule has 1 aromatic carbocycles. The van der Waals surface area contributed by atoms with Gasteiger partial charge in [0.15, 0.2) is 16.4 Å². The summed E-state index contributed by atoms with van der Waals surface area (Å²) in [5.41, 5.74) is 0. The van der Waals surface area contributed by atoms with Gasteiger partial charge in [-0.3, -0.25) is 4.79 Å². The van der Waals surface area contributed by atoms with Gasteiger partial charge >= 0.3 is 0 Å². The molecule has 1 amide bonds. The second-order valence-electron chi connectivity index (χ2n) is 6.60. The molecule has 2 aliphatic heterocycles. The zero-order valence-electron chi connectivity index (χ0n) is 14.2. The molecule has 0 saturated carbocycles. The number of ether oxygens (including phenoxy) is 2. The molecule has 9 heteroatoms. The Balaban J connectivity index is 1.67. The van der Waals surface area contributed by atoms with Crippen LogP contribution in [0.4, 0.5) is 4.39 Å². The molecular weight excluding hydrogens is 385 g/mol. The van der Waals surface area contributed by atoms with Gasteiger partial charge in [0.2, 0.25) is 0 Å². The molecule has 2 heterocycles. The molecule has 0 N–H and O–H groups in total. The first-order chi connectivity index (χ1) is 12.3. The van der Waals surface area contributed by atoms with Crippen molar-refractivity contribution in [1.82, 2.24) is 4.90 Å². The zero-order chi connectivity index (χ0) is 18.7. The molecule has 1 aromatic rings. The second kappa shape index (κ2) is 8.10. The lowest BCUT2D eigenvalue weighted by Crippen LogP contribution is -2.47. The zero-order valence-corrected chi connectivity index (χ0v) is 15.8. The highest BCUT2D eigenvalue weighted by atomic mass is 35.5. The van der Waals surface area contributed by atoms with E-state index < -0.39 is 15.7 Å². The predicted octanol–water partition coefficient (Wildman–Crippen LogP) is 2.05. The standard InChI is InChI=1S/C17H21ClFNO5S/c18-15-8-12(19)3-4-16(15)25-10-17(21)20(9-14-2-1-6-24-14)13-5-7-26(22,23)11-13/h3-4,8,13-14H,1-2,5-7,9-11H2/t13-,14-/m1/s1. The minimum atomic E-state index is -3.12. The topological polar surface area (TPSA) is 72.9 Å². The van der Waals surface area contributed by atoms with Crippen LogP contribution >= 0.6 is 11.6 Å². The predicted molar refractivity (Wildman–Crippen MR) is 94.7 cm³/mol. The van der Waals surface area contributed by atoms with Crippen LogP contribution in [-0.4, -0.2) is 62.6 Å². The highest BCUT2D eigenvalue weighted by molar-refractivity contribution is 7.91. The van der Waals surface area contributed by atoms with Crippen molar-refractivity contribution < 1.29 is 27.1 Å². The molecule has 0 bridgehead atoms. The molecule has 2 aliphatic rings. The van der Waals surface area contributed by atoms with Gasteiger partial charge in [0.05, 0.1) is 22.6 Å². The van der Waals surface area contributed by atoms with E-state index in [1.165, 1.54) is 12.1 Å². The smallest absolute Gasteiger partial charge is 0.260 e. The van der Waals surface area contributed by atoms with E-state index in [-0.39, 0.29) is 46.9 Å². The fourth-order valence-corrected chi connectivity index (χ4v) is 5.25. The molecule has 6 nitrogen and oxygen atoms in total. The molecule has 0 aromatic heterocycles. The van der Waals surface area contributed by atoms with Crippen LogP contribution in [0, 0.1) is 5.82 Å². The second-order valence-corrected chi connectivity index (χ2v) is 9.24. The van der Waals surface area contributed by atoms with Gasteiger partial charge in [-0.05, 0) is 37.5 Å². The Morgan fingerprint density at radius 2 is 2.19 bits per heavy atom. The lowest BCUT2D eigenvalue weighted by atomic mass is 10.1. The van der Waals surface area contributed by atoms with E-state index in [2.05, 4.69) is 0 Å². The summed E-state index contributed by atoms with van der Waals surface area (Å²) in [4.78, 5) is 14.3. The maximum atomic E-state index is 13.1. The third kappa shape index (κ3) is 4.86. The van der Waals surface area contributed by atoms with Crippen LogP contribution in [0.3, 0.4) is 0 Å². The quantitative estimate of drug-likeness (QED) is 0.724. The summed E-state index contributed by atoms with van der Waals surface area (Å²) in [7, 11) is -3.12. The van der Waals surface area contributed by atoms with E-state index in [1.54, 1.807) is 4.90 Å². The third-order valence-electron chi connectivity index (χ3n) is 4.64. The van der Waals surface area contributed by atoms with Crippen molar-refractivity contribution in [2.24, 2.45) is 0 Å². The summed E-state index contributed by atoms with van der Waals surface area (Å²) in [6, 6.07) is 3.29. The Bertz CT molecular complexity index is 766. The number of hydrogen-bond donors (Lipinski definition) is 0. The van der Waals surface area contributed by atoms with Crippen molar-refractivity contribution >= 4 is 27.3 Å². The number of nitrogens with zero attached hydrogens (tertiary/aromatic N) is 1. The average molecular weight is 406 g/mol. The third-order valence-corrected chi connectivity index (χ3v) is 6.68. The van der Waals surface area contributed by atoms with Crippen LogP contribution in [-0.2, 0) is 19.4 Å². The summed E-state index contributed by atoms with van der Waals surface area (Å²) >= 11 is 5.91. The first-order valence-corrected chi connectivity index (χ1v) is 10.7. The van der Waals surface area contributed by atoms with Gasteiger partial charge in [0.1, 0.15) is 11.6 Å². The summed E-state index contributed by atoms with van der Waals surface area (Å²) in [6.45, 7) is 0.700. The molecule has 2 atom stereocenters. The van der Waals surface area contributed by atoms with Crippen LogP contribution in [0.15, 0.2) is 18.2 Å². The van der Waals surface area contributed by atoms with Crippen molar-refractivity contribution in [3.63, 3.8) is 0 Å². The Morgan fingerprint density at radius 1 is 1.38 bits per heavy atom. The summed E-state index contributed by atoms with van der Waals surface area (Å²) < 4.78 is 47.7. The van der Waals surface area contributed by atoms with Gasteiger partial charge in [0.25, 0.3) is 5.91 Å². The molecular formula is C17H21ClFNO5S. The Kier molecular flexibility index (Phi) is 6.04. The van der Waals surface area contributed by atoms with Crippen LogP contribution in [0.25, 0.3) is 0 Å². The number of benzene rings is 1. The van der Waals surface area contributed by atoms with Gasteiger partial charge in [-0.1, -0.05) is 11.6 Å². The van der Waals surface area contributed by atoms with Gasteiger partial charge < -0.3 is 14.4 Å². The summed E-state index contributed by atoms with van der Waals surface area (Å²) in [5.74, 6) is -0.578. The number of hydrogen-bond acceptors (Lipinski definition) is 5. The van der Waals surface area contributed by atoms with Gasteiger partial charge in [-0.2, -0.15) is 0 Å². The van der Waals surface area contributed by atoms with E-state index in [0.717, 1.165) is 18.9 Å². The van der Waals surface area contributed by atoms with Crippen molar-refractivity contribution in [3.8, 4) is 5.75 Å². The maximum Gasteiger partial charge on any atom is 0.260 e. The van der Waals surface area contributed by atoms with Gasteiger partial charge in [0, 0.05) is 19.2 Å². The lowest BCUT2D eigenvalue weighted by Gasteiger charge is -2.30. The monoisotopic (exact) mass is 405 g/mol. The first-order valence-electron chi connectivity index (χ1n) is 8.53. The molecule has 144 valence electrons. The molecule has 0 radical (unpaired) electrons. The molecule has 0 aliphatic carbocycles. The summed E-state index contributed by atoms with van der Waals surface area (Å²) in [5, 5.41) is 0.0759. The Labute approximate surface area is 157 Å². The van der Waals surface area contributed by atoms with E-state index in [4.69, 9.17) is 21.1 Å². The largest absolute Gasteiger partial charge is 0.482 e. The SMILES string of the molecule is O=C(COc1ccc(F)cc1Cl)N(C[C@H]1CCCO1)[C@@H]1CCS(=O)(=O)C1. The number of amides is 1. The minimum absolute atomic E-state index is 0.0389. The fourth-order valence-electron chi connectivity index (χ4n) is 3.30. The van der Waals surface area contributed by atoms with E-state index in [9.17, 15) is 17.6 Å². The fraction of sp³-hybridized carbons (Fsp3) is 0.588. The van der Waals surface area contributed by atoms with Crippen molar-refractivity contribution in [2.75, 3.05) is 31.3 Å². The number of carbonyl (C=O) groups excluding carboxylic acids is 1. The Hall–Kier alpha value is -1.38. The average Bonchev–Trinajstić information content (AvgIpc) is 3.20. The van der Waals surface area contributed by atoms with E-state index in [0.29, 0.717) is 19.6 Å². The normalized spacial score (nSPS) is 24.5. The number of carbonyl (C=O) groups is 1. The lowest BCUT2D eigenvalue weighted by molar-refractivity contribution is -0.137. The van der Waals surface area contributed by atoms with E-state index in [1.807, 2.05) is 0 Å². The van der Waals surface area contributed by atoms with Gasteiger partial charge in [-0.15, -0.1) is 0 Å². The maximum absolute atomic E-state index is 13.1. The number of sulfone groups is 1. The molecule has 2 saturated heterocycles. The molecule has 26 heavy (non-hydrogen) atoms. The van der Waals surface area contributed by atoms with Crippen molar-refractivity contribution in [3.05, 3.63) is 29.0 Å². The van der Waals surface area contributed by atoms with Crippen LogP contribution in [0.2, 0.25) is 5.02 Å². The number of halogens is 2.